The number of carboxylic acids is 1. The molecule has 0 aromatic heterocycles. The van der Waals surface area contributed by atoms with Gasteiger partial charge in [0.15, 0.2) is 5.78 Å². The Labute approximate surface area is 454 Å². The normalized spacial score (nSPS) is 11.4. The van der Waals surface area contributed by atoms with Crippen LogP contribution >= 0.6 is 0 Å². The van der Waals surface area contributed by atoms with Crippen LogP contribution in [0.5, 0.6) is 0 Å². The van der Waals surface area contributed by atoms with Gasteiger partial charge < -0.3 is 91.4 Å². The number of aliphatic carboxylic acids is 1. The lowest BCUT2D eigenvalue weighted by atomic mass is 10.0. The van der Waals surface area contributed by atoms with Crippen molar-refractivity contribution in [2.24, 2.45) is 11.7 Å². The Morgan fingerprint density at radius 2 is 1.09 bits per heavy atom. The number of ketones is 1. The van der Waals surface area contributed by atoms with Crippen molar-refractivity contribution in [1.29, 1.82) is 0 Å². The summed E-state index contributed by atoms with van der Waals surface area (Å²) < 4.78 is 36.1. The molecular formula is C52H90N10O15. The van der Waals surface area contributed by atoms with Crippen molar-refractivity contribution in [3.8, 4) is 0 Å². The van der Waals surface area contributed by atoms with Crippen LogP contribution in [-0.2, 0) is 75.0 Å². The molecule has 0 spiro atoms. The number of nitrogens with two attached hydrogens (primary N) is 1. The summed E-state index contributed by atoms with van der Waals surface area (Å²) >= 11 is 0. The van der Waals surface area contributed by atoms with Crippen molar-refractivity contribution in [3.05, 3.63) is 71.8 Å². The fourth-order valence-electron chi connectivity index (χ4n) is 5.99. The maximum absolute atomic E-state index is 13.2. The molecule has 5 amide bonds. The Kier molecular flexibility index (Phi) is 46.1. The molecule has 25 nitrogen and oxygen atoms in total. The highest BCUT2D eigenvalue weighted by Gasteiger charge is 2.28. The van der Waals surface area contributed by atoms with Gasteiger partial charge in [0, 0.05) is 52.7 Å². The van der Waals surface area contributed by atoms with E-state index in [1.807, 2.05) is 95.7 Å². The van der Waals surface area contributed by atoms with Gasteiger partial charge >= 0.3 is 12.1 Å². The van der Waals surface area contributed by atoms with E-state index in [0.29, 0.717) is 79.0 Å². The van der Waals surface area contributed by atoms with Gasteiger partial charge in [-0.2, -0.15) is 0 Å². The minimum absolute atomic E-state index is 0.0523. The van der Waals surface area contributed by atoms with Gasteiger partial charge in [-0.25, -0.2) is 9.59 Å². The van der Waals surface area contributed by atoms with Crippen LogP contribution in [-0.4, -0.2) is 230 Å². The van der Waals surface area contributed by atoms with E-state index >= 15 is 0 Å². The smallest absolute Gasteiger partial charge is 0.409 e. The average molecular weight is 1100 g/mol. The van der Waals surface area contributed by atoms with Gasteiger partial charge in [-0.1, -0.05) is 74.5 Å². The summed E-state index contributed by atoms with van der Waals surface area (Å²) in [6, 6.07) is 16.6. The topological polar surface area (TPSA) is 330 Å². The standard InChI is InChI=1S/C30H42N6O6.C13H29N3O4.C9H19NO5/c1-21(2)16-24(35-29(40)25(34-26(37)18-31)17-22-10-6-4-7-11-22)28(39)33-19-27(38)32-14-15-36(3)30(41)42-20-23-12-8-5-9-13-23;1-14-3-4-16-11-13(17)12-20-10-9-19-8-7-18-6-5-15-2;1-10-2-3-13-4-5-14-6-7-15-8-9(11)12/h4-13,21,24-25H,14-20,31H2,1-3H3,(H,32,38)(H,33,39)(H,34,37)(H,35,40);14-16H,3-12H2,1-2H3;10H,2-8H2,1H3,(H,11,12). The molecule has 2 unspecified atom stereocenters. The first-order chi connectivity index (χ1) is 37.2. The molecule has 0 saturated carbocycles. The minimum atomic E-state index is -0.967. The van der Waals surface area contributed by atoms with E-state index in [0.717, 1.165) is 37.3 Å². The Balaban J connectivity index is 0.00000136. The summed E-state index contributed by atoms with van der Waals surface area (Å²) in [5.74, 6) is -2.88. The fourth-order valence-corrected chi connectivity index (χ4v) is 5.99. The molecule has 0 heterocycles. The van der Waals surface area contributed by atoms with Crippen LogP contribution in [0, 0.1) is 5.92 Å². The van der Waals surface area contributed by atoms with E-state index < -0.39 is 47.8 Å². The Morgan fingerprint density at radius 3 is 1.61 bits per heavy atom. The van der Waals surface area contributed by atoms with E-state index in [-0.39, 0.29) is 64.1 Å². The number of benzene rings is 2. The lowest BCUT2D eigenvalue weighted by Gasteiger charge is -2.24. The Morgan fingerprint density at radius 1 is 0.571 bits per heavy atom. The molecule has 0 bridgehead atoms. The number of carboxylic acid groups (broad SMARTS) is 1. The number of likely N-dealkylation sites (N-methyl/N-ethyl adjacent to an activating group) is 4. The first-order valence-electron chi connectivity index (χ1n) is 25.8. The predicted molar refractivity (Wildman–Crippen MR) is 290 cm³/mol. The van der Waals surface area contributed by atoms with Gasteiger partial charge in [-0.15, -0.1) is 0 Å². The summed E-state index contributed by atoms with van der Waals surface area (Å²) in [4.78, 5) is 85.3. The second kappa shape index (κ2) is 49.8. The zero-order chi connectivity index (χ0) is 57.2. The number of carbonyl (C=O) groups excluding carboxylic acids is 6. The van der Waals surface area contributed by atoms with Crippen molar-refractivity contribution in [1.82, 2.24) is 47.4 Å². The first kappa shape index (κ1) is 71.3. The van der Waals surface area contributed by atoms with Crippen LogP contribution in [0.15, 0.2) is 60.7 Å². The second-order valence-corrected chi connectivity index (χ2v) is 17.2. The lowest BCUT2D eigenvalue weighted by molar-refractivity contribution is -0.142. The third-order valence-electron chi connectivity index (χ3n) is 10.0. The first-order valence-corrected chi connectivity index (χ1v) is 25.8. The Hall–Kier alpha value is -5.71. The minimum Gasteiger partial charge on any atom is -0.480 e. The summed E-state index contributed by atoms with van der Waals surface area (Å²) in [6.45, 7) is 12.3. The van der Waals surface area contributed by atoms with E-state index in [4.69, 9.17) is 44.0 Å². The molecule has 0 radical (unpaired) electrons. The van der Waals surface area contributed by atoms with Crippen molar-refractivity contribution in [2.45, 2.75) is 45.4 Å². The van der Waals surface area contributed by atoms with Gasteiger partial charge in [0.05, 0.1) is 85.7 Å². The van der Waals surface area contributed by atoms with Gasteiger partial charge in [0.1, 0.15) is 31.9 Å². The number of carbonyl (C=O) groups is 7. The number of hydrogen-bond acceptors (Lipinski definition) is 19. The van der Waals surface area contributed by atoms with Crippen molar-refractivity contribution < 1.29 is 71.8 Å². The fraction of sp³-hybridized carbons (Fsp3) is 0.635. The van der Waals surface area contributed by atoms with Crippen molar-refractivity contribution in [3.63, 3.8) is 0 Å². The van der Waals surface area contributed by atoms with Crippen LogP contribution in [0.4, 0.5) is 4.79 Å². The van der Waals surface area contributed by atoms with Crippen LogP contribution in [0.2, 0.25) is 0 Å². The molecule has 77 heavy (non-hydrogen) atoms. The number of rotatable bonds is 43. The van der Waals surface area contributed by atoms with Crippen LogP contribution in [0.25, 0.3) is 0 Å². The molecule has 25 heteroatoms. The maximum atomic E-state index is 13.2. The highest BCUT2D eigenvalue weighted by atomic mass is 16.6. The molecule has 0 saturated heterocycles. The van der Waals surface area contributed by atoms with Gasteiger partial charge in [-0.3, -0.25) is 24.0 Å². The molecule has 0 aliphatic carbocycles. The number of nitrogens with one attached hydrogen (secondary N) is 8. The van der Waals surface area contributed by atoms with Gasteiger partial charge in [0.25, 0.3) is 0 Å². The molecule has 438 valence electrons. The number of Topliss-reactive ketones (excluding diaryl/α,β-unsaturated/α-hetero) is 1. The second-order valence-electron chi connectivity index (χ2n) is 17.2. The average Bonchev–Trinajstić information content (AvgIpc) is 3.42. The number of ether oxygens (including phenoxy) is 7. The summed E-state index contributed by atoms with van der Waals surface area (Å²) in [5, 5.41) is 30.7. The molecule has 2 aromatic carbocycles. The monoisotopic (exact) mass is 1090 g/mol. The molecule has 2 rings (SSSR count). The third kappa shape index (κ3) is 44.0. The zero-order valence-corrected chi connectivity index (χ0v) is 46.2. The number of amides is 5. The van der Waals surface area contributed by atoms with Crippen LogP contribution in [0.3, 0.4) is 0 Å². The molecule has 0 aliphatic rings. The highest BCUT2D eigenvalue weighted by Crippen LogP contribution is 2.08. The van der Waals surface area contributed by atoms with E-state index in [9.17, 15) is 33.6 Å². The largest absolute Gasteiger partial charge is 0.480 e. The summed E-state index contributed by atoms with van der Waals surface area (Å²) in [7, 11) is 7.17. The summed E-state index contributed by atoms with van der Waals surface area (Å²) in [5.41, 5.74) is 7.12. The van der Waals surface area contributed by atoms with Crippen molar-refractivity contribution in [2.75, 3.05) is 166 Å². The molecule has 0 fully saturated rings. The van der Waals surface area contributed by atoms with E-state index in [1.165, 1.54) is 4.90 Å². The molecule has 2 atom stereocenters. The number of hydrogen-bond donors (Lipinski definition) is 10. The lowest BCUT2D eigenvalue weighted by Crippen LogP contribution is -2.56. The summed E-state index contributed by atoms with van der Waals surface area (Å²) in [6.07, 6.45) is 0.00478. The molecule has 0 aliphatic heterocycles. The molecule has 2 aromatic rings. The van der Waals surface area contributed by atoms with Crippen LogP contribution < -0.4 is 48.3 Å². The SMILES string of the molecule is CC(C)CC(NC(=O)C(Cc1ccccc1)NC(=O)CN)C(=O)NCC(=O)NCCN(C)C(=O)OCc1ccccc1.CNCCNCC(=O)COCCOCCOCCNC.CNCCOCCOCCOCC(=O)O. The third-order valence-corrected chi connectivity index (χ3v) is 10.0. The van der Waals surface area contributed by atoms with Gasteiger partial charge in [-0.05, 0) is 44.6 Å². The van der Waals surface area contributed by atoms with E-state index in [1.54, 1.807) is 7.05 Å². The van der Waals surface area contributed by atoms with Crippen LogP contribution in [0.1, 0.15) is 31.4 Å². The van der Waals surface area contributed by atoms with E-state index in [2.05, 4.69) is 42.5 Å². The maximum Gasteiger partial charge on any atom is 0.409 e. The molecular weight excluding hydrogens is 1000 g/mol. The van der Waals surface area contributed by atoms with Gasteiger partial charge in [0.2, 0.25) is 23.6 Å². The predicted octanol–water partition coefficient (Wildman–Crippen LogP) is -1.32. The highest BCUT2D eigenvalue weighted by molar-refractivity contribution is 5.93. The van der Waals surface area contributed by atoms with Crippen molar-refractivity contribution >= 4 is 41.5 Å². The molecule has 11 N–H and O–H groups in total. The Bertz CT molecular complexity index is 1840. The number of nitrogens with zero attached hydrogens (tertiary/aromatic N) is 1. The zero-order valence-electron chi connectivity index (χ0n) is 46.2. The quantitative estimate of drug-likeness (QED) is 0.0344.